The van der Waals surface area contributed by atoms with Gasteiger partial charge in [0, 0.05) is 28.6 Å². The van der Waals surface area contributed by atoms with Gasteiger partial charge in [0.2, 0.25) is 5.91 Å². The zero-order chi connectivity index (χ0) is 28.5. The van der Waals surface area contributed by atoms with Gasteiger partial charge in [-0.15, -0.1) is 0 Å². The number of halogens is 4. The minimum absolute atomic E-state index is 0.00250. The Morgan fingerprint density at radius 3 is 2.28 bits per heavy atom. The minimum atomic E-state index is -4.75. The largest absolute Gasteiger partial charge is 0.417 e. The van der Waals surface area contributed by atoms with E-state index in [2.05, 4.69) is 10.6 Å². The Hall–Kier alpha value is -4.06. The molecule has 1 heterocycles. The molecule has 0 bridgehead atoms. The number of benzene rings is 3. The summed E-state index contributed by atoms with van der Waals surface area (Å²) >= 11 is 5.59. The molecule has 12 heteroatoms. The highest BCUT2D eigenvalue weighted by molar-refractivity contribution is 6.31. The molecule has 4 aromatic rings. The summed E-state index contributed by atoms with van der Waals surface area (Å²) in [6, 6.07) is 14.9. The normalized spacial score (nSPS) is 12.4. The molecule has 0 aliphatic carbocycles. The van der Waals surface area contributed by atoms with Crippen LogP contribution in [0.2, 0.25) is 5.02 Å². The average Bonchev–Trinajstić information content (AvgIpc) is 3.31. The van der Waals surface area contributed by atoms with Crippen molar-refractivity contribution in [2.45, 2.75) is 26.1 Å². The highest BCUT2D eigenvalue weighted by Crippen LogP contribution is 2.37. The maximum atomic E-state index is 13.1. The molecule has 1 atom stereocenters. The molecule has 0 saturated carbocycles. The first-order valence-electron chi connectivity index (χ1n) is 11.8. The van der Waals surface area contributed by atoms with Gasteiger partial charge in [-0.1, -0.05) is 25.4 Å². The average molecular weight is 560 g/mol. The highest BCUT2D eigenvalue weighted by atomic mass is 35.5. The van der Waals surface area contributed by atoms with Gasteiger partial charge < -0.3 is 20.9 Å². The number of anilines is 3. The van der Waals surface area contributed by atoms with E-state index in [1.165, 1.54) is 0 Å². The van der Waals surface area contributed by atoms with E-state index >= 15 is 0 Å². The number of alkyl halides is 3. The van der Waals surface area contributed by atoms with Crippen molar-refractivity contribution < 1.29 is 28.0 Å². The fraction of sp³-hybridized carbons (Fsp3) is 0.185. The molecule has 1 aromatic heterocycles. The number of aromatic nitrogens is 1. The van der Waals surface area contributed by atoms with Crippen molar-refractivity contribution in [2.75, 3.05) is 15.7 Å². The number of nitrogens with two attached hydrogens (primary N) is 1. The van der Waals surface area contributed by atoms with Crippen molar-refractivity contribution in [1.29, 1.82) is 0 Å². The molecule has 39 heavy (non-hydrogen) atoms. The van der Waals surface area contributed by atoms with Crippen molar-refractivity contribution in [3.8, 4) is 5.69 Å². The summed E-state index contributed by atoms with van der Waals surface area (Å²) < 4.78 is 41.2. The van der Waals surface area contributed by atoms with Gasteiger partial charge in [-0.25, -0.2) is 4.79 Å². The summed E-state index contributed by atoms with van der Waals surface area (Å²) in [5.74, 6) is -0.262. The van der Waals surface area contributed by atoms with E-state index in [1.54, 1.807) is 30.3 Å². The molecule has 8 nitrogen and oxygen atoms in total. The van der Waals surface area contributed by atoms with E-state index in [0.29, 0.717) is 17.4 Å². The number of fused-ring (bicyclic) bond motifs is 1. The molecule has 0 fully saturated rings. The molecule has 0 radical (unpaired) electrons. The van der Waals surface area contributed by atoms with Crippen LogP contribution in [0.25, 0.3) is 16.6 Å². The van der Waals surface area contributed by atoms with Gasteiger partial charge >= 0.3 is 12.2 Å². The monoisotopic (exact) mass is 559 g/mol. The predicted molar refractivity (Wildman–Crippen MR) is 144 cm³/mol. The van der Waals surface area contributed by atoms with Crippen LogP contribution in [-0.4, -0.2) is 27.8 Å². The molecule has 204 valence electrons. The zero-order valence-corrected chi connectivity index (χ0v) is 21.6. The number of rotatable bonds is 6. The first-order valence-corrected chi connectivity index (χ1v) is 12.2. The fourth-order valence-electron chi connectivity index (χ4n) is 3.84. The van der Waals surface area contributed by atoms with E-state index in [1.807, 2.05) is 42.8 Å². The van der Waals surface area contributed by atoms with Crippen LogP contribution in [0.3, 0.4) is 0 Å². The molecule has 4 rings (SSSR count). The number of amides is 3. The minimum Gasteiger partial charge on any atom is -0.325 e. The number of hydrogen-bond donors (Lipinski definition) is 4. The Morgan fingerprint density at radius 2 is 1.64 bits per heavy atom. The summed E-state index contributed by atoms with van der Waals surface area (Å²) in [4.78, 5) is 24.7. The van der Waals surface area contributed by atoms with Crippen LogP contribution in [0.1, 0.15) is 19.4 Å². The van der Waals surface area contributed by atoms with Crippen LogP contribution < -0.4 is 21.4 Å². The lowest BCUT2D eigenvalue weighted by Gasteiger charge is -2.18. The Kier molecular flexibility index (Phi) is 7.86. The second-order valence-electron chi connectivity index (χ2n) is 9.17. The first-order chi connectivity index (χ1) is 18.3. The van der Waals surface area contributed by atoms with Crippen molar-refractivity contribution >= 4 is 51.5 Å². The Bertz CT molecular complexity index is 1520. The molecule has 3 amide bonds. The maximum Gasteiger partial charge on any atom is 0.417 e. The first kappa shape index (κ1) is 28.0. The summed E-state index contributed by atoms with van der Waals surface area (Å²) in [6.45, 7) is 3.74. The predicted octanol–water partition coefficient (Wildman–Crippen LogP) is 6.65. The van der Waals surface area contributed by atoms with Crippen molar-refractivity contribution in [3.63, 3.8) is 0 Å². The van der Waals surface area contributed by atoms with Gasteiger partial charge in [0.05, 0.1) is 27.8 Å². The van der Waals surface area contributed by atoms with E-state index in [0.717, 1.165) is 28.7 Å². The topological polar surface area (TPSA) is 113 Å². The number of hydrogen-bond acceptors (Lipinski definition) is 4. The number of nitrogens with one attached hydrogen (secondary N) is 2. The lowest BCUT2D eigenvalue weighted by Crippen LogP contribution is -2.39. The van der Waals surface area contributed by atoms with Crippen molar-refractivity contribution in [3.05, 3.63) is 83.5 Å². The van der Waals surface area contributed by atoms with Crippen LogP contribution in [0.5, 0.6) is 0 Å². The smallest absolute Gasteiger partial charge is 0.325 e. The van der Waals surface area contributed by atoms with Gasteiger partial charge in [0.1, 0.15) is 0 Å². The molecular formula is C27H25ClF3N5O3. The molecule has 5 N–H and O–H groups in total. The van der Waals surface area contributed by atoms with Gasteiger partial charge in [-0.2, -0.15) is 18.2 Å². The van der Waals surface area contributed by atoms with E-state index in [4.69, 9.17) is 17.3 Å². The van der Waals surface area contributed by atoms with Gasteiger partial charge in [0.25, 0.3) is 0 Å². The summed E-state index contributed by atoms with van der Waals surface area (Å²) in [5, 5.41) is 15.8. The molecular weight excluding hydrogens is 535 g/mol. The standard InChI is InChI=1S/C27H25ClF3N5O3/c1-15(2)24(32)25(37)33-18-5-10-23-16(13-18)11-12-35(23)19-6-3-17(4-7-19)34-26(38)36(39)20-8-9-22(28)21(14-20)27(29,30)31/h3-15,24,39H,32H2,1-2H3,(H,33,37)(H,34,38)/t24-/m0/s1. The van der Waals surface area contributed by atoms with Crippen LogP contribution in [0, 0.1) is 5.92 Å². The number of carbonyl (C=O) groups excluding carboxylic acids is 2. The summed E-state index contributed by atoms with van der Waals surface area (Å²) in [5.41, 5.74) is 6.88. The molecule has 3 aromatic carbocycles. The molecule has 0 spiro atoms. The van der Waals surface area contributed by atoms with Crippen LogP contribution >= 0.6 is 11.6 Å². The quantitative estimate of drug-likeness (QED) is 0.156. The van der Waals surface area contributed by atoms with Crippen molar-refractivity contribution in [1.82, 2.24) is 4.57 Å². The zero-order valence-electron chi connectivity index (χ0n) is 20.8. The second kappa shape index (κ2) is 11.0. The third-order valence-electron chi connectivity index (χ3n) is 6.07. The van der Waals surface area contributed by atoms with Crippen LogP contribution in [0.4, 0.5) is 35.0 Å². The van der Waals surface area contributed by atoms with E-state index in [-0.39, 0.29) is 16.9 Å². The van der Waals surface area contributed by atoms with Gasteiger partial charge in [-0.05, 0) is 72.6 Å². The molecule has 0 saturated heterocycles. The van der Waals surface area contributed by atoms with Crippen LogP contribution in [-0.2, 0) is 11.0 Å². The Morgan fingerprint density at radius 1 is 0.974 bits per heavy atom. The summed E-state index contributed by atoms with van der Waals surface area (Å²) in [6.07, 6.45) is -2.91. The number of urea groups is 1. The highest BCUT2D eigenvalue weighted by Gasteiger charge is 2.34. The third-order valence-corrected chi connectivity index (χ3v) is 6.40. The van der Waals surface area contributed by atoms with E-state index in [9.17, 15) is 28.0 Å². The molecule has 0 unspecified atom stereocenters. The van der Waals surface area contributed by atoms with Gasteiger partial charge in [-0.3, -0.25) is 10.0 Å². The van der Waals surface area contributed by atoms with Gasteiger partial charge in [0.15, 0.2) is 0 Å². The fourth-order valence-corrected chi connectivity index (χ4v) is 4.06. The summed E-state index contributed by atoms with van der Waals surface area (Å²) in [7, 11) is 0. The van der Waals surface area contributed by atoms with Crippen molar-refractivity contribution in [2.24, 2.45) is 11.7 Å². The maximum absolute atomic E-state index is 13.1. The lowest BCUT2D eigenvalue weighted by molar-refractivity contribution is -0.137. The van der Waals surface area contributed by atoms with Crippen LogP contribution in [0.15, 0.2) is 72.9 Å². The number of nitrogens with zero attached hydrogens (tertiary/aromatic N) is 2. The number of hydroxylamine groups is 1. The molecule has 0 aliphatic heterocycles. The SMILES string of the molecule is CC(C)[C@H](N)C(=O)Nc1ccc2c(ccn2-c2ccc(NC(=O)N(O)c3ccc(Cl)c(C(F)(F)F)c3)cc2)c1. The Balaban J connectivity index is 1.47. The molecule has 0 aliphatic rings. The number of carbonyl (C=O) groups is 2. The second-order valence-corrected chi connectivity index (χ2v) is 9.58. The third kappa shape index (κ3) is 6.17. The lowest BCUT2D eigenvalue weighted by atomic mass is 10.0. The van der Waals surface area contributed by atoms with E-state index < -0.39 is 34.5 Å². The Labute approximate surface area is 226 Å².